The van der Waals surface area contributed by atoms with E-state index in [1.54, 1.807) is 0 Å². The van der Waals surface area contributed by atoms with E-state index in [1.165, 1.54) is 0 Å². The summed E-state index contributed by atoms with van der Waals surface area (Å²) in [5.74, 6) is -1.22. The predicted molar refractivity (Wildman–Crippen MR) is 47.1 cm³/mol. The first kappa shape index (κ1) is 13.2. The summed E-state index contributed by atoms with van der Waals surface area (Å²) in [5, 5.41) is 15.4. The van der Waals surface area contributed by atoms with Gasteiger partial charge in [0.25, 0.3) is 0 Å². The number of carbonyl (C=O) groups is 1. The molecule has 6 heteroatoms. The van der Waals surface area contributed by atoms with Gasteiger partial charge >= 0.3 is 63.2 Å². The number of hydrogen-bond acceptors (Lipinski definition) is 4. The second-order valence-electron chi connectivity index (χ2n) is 3.47. The van der Waals surface area contributed by atoms with Gasteiger partial charge in [-0.25, -0.2) is 4.79 Å². The van der Waals surface area contributed by atoms with Crippen LogP contribution in [0.4, 0.5) is 0 Å². The molecule has 1 N–H and O–H groups in total. The molecule has 0 aliphatic rings. The van der Waals surface area contributed by atoms with Crippen LogP contribution in [0.1, 0.15) is 37.3 Å². The Labute approximate surface area is 118 Å². The Morgan fingerprint density at radius 3 is 2.15 bits per heavy atom. The van der Waals surface area contributed by atoms with Crippen LogP contribution in [0.15, 0.2) is 4.42 Å². The zero-order chi connectivity index (χ0) is 9.35. The molecule has 0 bridgehead atoms. The average molecular weight is 210 g/mol. The molecule has 0 saturated carbocycles. The van der Waals surface area contributed by atoms with E-state index in [-0.39, 0.29) is 62.7 Å². The summed E-state index contributed by atoms with van der Waals surface area (Å²) in [7, 11) is 0. The van der Waals surface area contributed by atoms with Gasteiger partial charge in [-0.3, -0.25) is 0 Å². The van der Waals surface area contributed by atoms with Crippen molar-refractivity contribution in [2.75, 3.05) is 0 Å². The molecule has 0 fully saturated rings. The van der Waals surface area contributed by atoms with Crippen LogP contribution < -0.4 is 0 Å². The summed E-state index contributed by atoms with van der Waals surface area (Å²) in [6.07, 6.45) is 0. The van der Waals surface area contributed by atoms with Gasteiger partial charge in [-0.1, -0.05) is 20.8 Å². The monoisotopic (exact) mass is 210 g/mol. The average Bonchev–Trinajstić information content (AvgIpc) is 2.30. The van der Waals surface area contributed by atoms with Crippen LogP contribution in [-0.4, -0.2) is 72.7 Å². The van der Waals surface area contributed by atoms with Gasteiger partial charge in [-0.2, -0.15) is 0 Å². The molecule has 1 aromatic heterocycles. The fraction of sp³-hybridized carbons (Fsp3) is 0.571. The zero-order valence-corrected chi connectivity index (χ0v) is 7.16. The van der Waals surface area contributed by atoms with E-state index in [2.05, 4.69) is 10.2 Å². The first-order valence-corrected chi connectivity index (χ1v) is 3.48. The van der Waals surface area contributed by atoms with E-state index in [0.29, 0.717) is 5.89 Å². The summed E-state index contributed by atoms with van der Waals surface area (Å²) in [6.45, 7) is 5.60. The molecule has 0 aliphatic carbocycles. The number of carboxylic acids is 1. The third-order valence-electron chi connectivity index (χ3n) is 1.25. The molecular formula is C7H11KN2O3. The van der Waals surface area contributed by atoms with E-state index in [1.807, 2.05) is 20.8 Å². The second-order valence-corrected chi connectivity index (χ2v) is 3.47. The Kier molecular flexibility index (Phi) is 4.74. The van der Waals surface area contributed by atoms with Crippen LogP contribution >= 0.6 is 0 Å². The number of aromatic carboxylic acids is 1. The molecule has 0 unspecified atom stereocenters. The quantitative estimate of drug-likeness (QED) is 0.680. The van der Waals surface area contributed by atoms with Crippen molar-refractivity contribution < 1.29 is 14.3 Å². The second kappa shape index (κ2) is 4.65. The summed E-state index contributed by atoms with van der Waals surface area (Å²) < 4.78 is 4.89. The molecule has 0 atom stereocenters. The third kappa shape index (κ3) is 3.47. The molecule has 0 aromatic carbocycles. The van der Waals surface area contributed by atoms with Crippen LogP contribution in [0, 0.1) is 0 Å². The van der Waals surface area contributed by atoms with Gasteiger partial charge in [-0.05, 0) is 0 Å². The fourth-order valence-electron chi connectivity index (χ4n) is 0.613. The van der Waals surface area contributed by atoms with Crippen molar-refractivity contribution >= 4 is 57.4 Å². The van der Waals surface area contributed by atoms with Crippen LogP contribution in [-0.2, 0) is 5.41 Å². The molecule has 0 amide bonds. The summed E-state index contributed by atoms with van der Waals surface area (Å²) >= 11 is 0. The first-order chi connectivity index (χ1) is 5.41. The van der Waals surface area contributed by atoms with Crippen molar-refractivity contribution in [1.82, 2.24) is 10.2 Å². The molecule has 0 radical (unpaired) electrons. The van der Waals surface area contributed by atoms with Gasteiger partial charge in [0, 0.05) is 5.41 Å². The van der Waals surface area contributed by atoms with Gasteiger partial charge in [-0.15, -0.1) is 10.2 Å². The van der Waals surface area contributed by atoms with Crippen molar-refractivity contribution in [3.8, 4) is 0 Å². The van der Waals surface area contributed by atoms with Crippen LogP contribution in [0.5, 0.6) is 0 Å². The standard InChI is InChI=1S/C7H10N2O3.K.H/c1-7(2,3)6-9-8-4(12-6)5(10)11;;/h1-3H3,(H,10,11);;. The number of hydrogen-bond donors (Lipinski definition) is 1. The van der Waals surface area contributed by atoms with Gasteiger partial charge in [0.2, 0.25) is 5.89 Å². The van der Waals surface area contributed by atoms with Gasteiger partial charge in [0.1, 0.15) is 0 Å². The van der Waals surface area contributed by atoms with Crippen molar-refractivity contribution in [3.05, 3.63) is 11.8 Å². The van der Waals surface area contributed by atoms with E-state index < -0.39 is 5.97 Å². The predicted octanol–water partition coefficient (Wildman–Crippen LogP) is 0.417. The maximum absolute atomic E-state index is 10.3. The minimum absolute atomic E-state index is 0. The van der Waals surface area contributed by atoms with Crippen molar-refractivity contribution in [1.29, 1.82) is 0 Å². The Balaban J connectivity index is 0.00000144. The zero-order valence-electron chi connectivity index (χ0n) is 7.16. The molecule has 68 valence electrons. The summed E-state index contributed by atoms with van der Waals surface area (Å²) in [6, 6.07) is 0. The molecule has 1 heterocycles. The molecular weight excluding hydrogens is 199 g/mol. The number of rotatable bonds is 1. The van der Waals surface area contributed by atoms with E-state index in [0.717, 1.165) is 0 Å². The number of aromatic nitrogens is 2. The molecule has 0 aliphatic heterocycles. The van der Waals surface area contributed by atoms with E-state index in [4.69, 9.17) is 9.52 Å². The SMILES string of the molecule is CC(C)(C)c1nnc(C(=O)O)o1.[KH]. The third-order valence-corrected chi connectivity index (χ3v) is 1.25. The Morgan fingerprint density at radius 1 is 1.38 bits per heavy atom. The number of carboxylic acid groups (broad SMARTS) is 1. The summed E-state index contributed by atoms with van der Waals surface area (Å²) in [4.78, 5) is 10.3. The van der Waals surface area contributed by atoms with Crippen molar-refractivity contribution in [2.45, 2.75) is 26.2 Å². The molecule has 5 nitrogen and oxygen atoms in total. The van der Waals surface area contributed by atoms with E-state index in [9.17, 15) is 4.79 Å². The van der Waals surface area contributed by atoms with Crippen LogP contribution in [0.25, 0.3) is 0 Å². The fourth-order valence-corrected chi connectivity index (χ4v) is 0.613. The van der Waals surface area contributed by atoms with Gasteiger partial charge in [0.05, 0.1) is 0 Å². The first-order valence-electron chi connectivity index (χ1n) is 3.48. The molecule has 13 heavy (non-hydrogen) atoms. The Hall–Kier alpha value is 0.246. The van der Waals surface area contributed by atoms with Gasteiger partial charge in [0.15, 0.2) is 0 Å². The number of nitrogens with zero attached hydrogens (tertiary/aromatic N) is 2. The van der Waals surface area contributed by atoms with Crippen molar-refractivity contribution in [3.63, 3.8) is 0 Å². The maximum atomic E-state index is 10.3. The molecule has 0 saturated heterocycles. The minimum atomic E-state index is -1.20. The summed E-state index contributed by atoms with van der Waals surface area (Å²) in [5.41, 5.74) is -0.305. The van der Waals surface area contributed by atoms with Gasteiger partial charge < -0.3 is 9.52 Å². The molecule has 1 rings (SSSR count). The molecule has 0 spiro atoms. The Bertz CT molecular complexity index is 303. The normalized spacial score (nSPS) is 10.7. The van der Waals surface area contributed by atoms with Crippen LogP contribution in [0.3, 0.4) is 0 Å². The molecule has 1 aromatic rings. The Morgan fingerprint density at radius 2 is 1.92 bits per heavy atom. The van der Waals surface area contributed by atoms with Crippen molar-refractivity contribution in [2.24, 2.45) is 0 Å². The van der Waals surface area contributed by atoms with Crippen LogP contribution in [0.2, 0.25) is 0 Å². The topological polar surface area (TPSA) is 76.2 Å². The van der Waals surface area contributed by atoms with E-state index >= 15 is 0 Å².